The minimum atomic E-state index is -0.617. The molecule has 2 heterocycles. The molecule has 0 spiro atoms. The summed E-state index contributed by atoms with van der Waals surface area (Å²) in [6, 6.07) is 8.20. The van der Waals surface area contributed by atoms with Gasteiger partial charge < -0.3 is 14.8 Å². The van der Waals surface area contributed by atoms with Gasteiger partial charge in [-0.1, -0.05) is 29.8 Å². The van der Waals surface area contributed by atoms with Crippen molar-refractivity contribution in [2.24, 2.45) is 11.8 Å². The standard InChI is InChI=1S/C21H26N2O3/c1-4-12-11-23(2)17-9-15-13-7-5-6-8-16(13)22-20(15)18(24)10-14(12)19(17)21(25)26-3/h4-8,14,17-19,22,24H,9-11H2,1-3H3/b12-4-/t14-,17-,18-,19-/m0/s1. The molecule has 2 bridgehead atoms. The summed E-state index contributed by atoms with van der Waals surface area (Å²) in [6.07, 6.45) is 2.73. The number of likely N-dealkylation sites (N-methyl/N-ethyl adjacent to an activating group) is 1. The fourth-order valence-corrected chi connectivity index (χ4v) is 4.93. The van der Waals surface area contributed by atoms with E-state index in [-0.39, 0.29) is 23.8 Å². The van der Waals surface area contributed by atoms with Gasteiger partial charge in [0.05, 0.1) is 19.1 Å². The van der Waals surface area contributed by atoms with Crippen molar-refractivity contribution in [3.05, 3.63) is 47.2 Å². The summed E-state index contributed by atoms with van der Waals surface area (Å²) in [4.78, 5) is 18.4. The highest BCUT2D eigenvalue weighted by Gasteiger charge is 2.46. The first-order valence-corrected chi connectivity index (χ1v) is 9.25. The molecule has 1 aliphatic heterocycles. The third-order valence-corrected chi connectivity index (χ3v) is 6.24. The first kappa shape index (κ1) is 17.3. The van der Waals surface area contributed by atoms with E-state index in [1.54, 1.807) is 0 Å². The maximum atomic E-state index is 12.7. The third-order valence-electron chi connectivity index (χ3n) is 6.24. The largest absolute Gasteiger partial charge is 0.469 e. The number of aromatic amines is 1. The van der Waals surface area contributed by atoms with Crippen LogP contribution in [0.15, 0.2) is 35.9 Å². The summed E-state index contributed by atoms with van der Waals surface area (Å²) < 4.78 is 5.17. The molecule has 1 fully saturated rings. The van der Waals surface area contributed by atoms with Crippen molar-refractivity contribution < 1.29 is 14.6 Å². The minimum absolute atomic E-state index is 0.00297. The number of rotatable bonds is 1. The molecule has 1 aliphatic carbocycles. The van der Waals surface area contributed by atoms with Crippen LogP contribution in [-0.4, -0.2) is 47.7 Å². The van der Waals surface area contributed by atoms with Crippen LogP contribution in [0.3, 0.4) is 0 Å². The molecule has 2 N–H and O–H groups in total. The number of H-pyrrole nitrogens is 1. The lowest BCUT2D eigenvalue weighted by atomic mass is 9.70. The van der Waals surface area contributed by atoms with Crippen LogP contribution in [0.25, 0.3) is 10.9 Å². The lowest BCUT2D eigenvalue weighted by molar-refractivity contribution is -0.151. The Labute approximate surface area is 153 Å². The summed E-state index contributed by atoms with van der Waals surface area (Å²) in [5, 5.41) is 12.1. The Hall–Kier alpha value is -2.11. The summed E-state index contributed by atoms with van der Waals surface area (Å²) in [5.41, 5.74) is 4.27. The molecule has 2 aliphatic rings. The number of aliphatic hydroxyl groups is 1. The molecule has 0 unspecified atom stereocenters. The molecule has 1 saturated heterocycles. The molecule has 4 atom stereocenters. The van der Waals surface area contributed by atoms with Crippen LogP contribution in [0.2, 0.25) is 0 Å². The Morgan fingerprint density at radius 1 is 1.38 bits per heavy atom. The second kappa shape index (κ2) is 6.56. The Bertz CT molecular complexity index is 869. The van der Waals surface area contributed by atoms with E-state index >= 15 is 0 Å². The monoisotopic (exact) mass is 354 g/mol. The van der Waals surface area contributed by atoms with Crippen LogP contribution >= 0.6 is 0 Å². The fourth-order valence-electron chi connectivity index (χ4n) is 4.93. The molecule has 0 amide bonds. The number of ether oxygens (including phenoxy) is 1. The van der Waals surface area contributed by atoms with Gasteiger partial charge in [-0.25, -0.2) is 0 Å². The molecule has 2 aromatic rings. The van der Waals surface area contributed by atoms with Crippen molar-refractivity contribution in [2.75, 3.05) is 20.7 Å². The van der Waals surface area contributed by atoms with E-state index in [9.17, 15) is 9.90 Å². The molecule has 0 radical (unpaired) electrons. The number of aliphatic hydroxyl groups excluding tert-OH is 1. The van der Waals surface area contributed by atoms with Gasteiger partial charge in [0, 0.05) is 29.2 Å². The average molecular weight is 354 g/mol. The molecular formula is C21H26N2O3. The molecule has 1 aromatic carbocycles. The normalized spacial score (nSPS) is 30.7. The molecule has 138 valence electrons. The Balaban J connectivity index is 1.89. The van der Waals surface area contributed by atoms with E-state index in [1.165, 1.54) is 12.7 Å². The van der Waals surface area contributed by atoms with E-state index in [4.69, 9.17) is 4.74 Å². The van der Waals surface area contributed by atoms with Gasteiger partial charge in [0.2, 0.25) is 0 Å². The molecule has 1 aromatic heterocycles. The quantitative estimate of drug-likeness (QED) is 0.610. The second-order valence-corrected chi connectivity index (χ2v) is 7.52. The molecule has 5 nitrogen and oxygen atoms in total. The Morgan fingerprint density at radius 3 is 2.88 bits per heavy atom. The minimum Gasteiger partial charge on any atom is -0.469 e. The predicted molar refractivity (Wildman–Crippen MR) is 101 cm³/mol. The SMILES string of the molecule is C/C=C1/CN(C)[C@H]2Cc3c([nH]c4ccccc34)[C@@H](O)C[C@@H]1[C@@H]2C(=O)OC. The van der Waals surface area contributed by atoms with Crippen molar-refractivity contribution >= 4 is 16.9 Å². The molecule has 5 heteroatoms. The zero-order valence-electron chi connectivity index (χ0n) is 15.5. The molecule has 26 heavy (non-hydrogen) atoms. The highest BCUT2D eigenvalue weighted by Crippen LogP contribution is 2.44. The maximum absolute atomic E-state index is 12.7. The number of carbonyl (C=O) groups excluding carboxylic acids is 1. The lowest BCUT2D eigenvalue weighted by Crippen LogP contribution is -2.53. The highest BCUT2D eigenvalue weighted by atomic mass is 16.5. The average Bonchev–Trinajstić information content (AvgIpc) is 3.01. The second-order valence-electron chi connectivity index (χ2n) is 7.52. The van der Waals surface area contributed by atoms with Gasteiger partial charge in [-0.2, -0.15) is 0 Å². The van der Waals surface area contributed by atoms with Crippen molar-refractivity contribution in [3.63, 3.8) is 0 Å². The number of nitrogens with one attached hydrogen (secondary N) is 1. The first-order chi connectivity index (χ1) is 12.5. The lowest BCUT2D eigenvalue weighted by Gasteiger charge is -2.46. The smallest absolute Gasteiger partial charge is 0.310 e. The topological polar surface area (TPSA) is 65.6 Å². The van der Waals surface area contributed by atoms with Crippen LogP contribution in [0.1, 0.15) is 30.7 Å². The van der Waals surface area contributed by atoms with Crippen molar-refractivity contribution in [1.29, 1.82) is 0 Å². The van der Waals surface area contributed by atoms with Gasteiger partial charge >= 0.3 is 5.97 Å². The van der Waals surface area contributed by atoms with Gasteiger partial charge in [0.25, 0.3) is 0 Å². The number of benzene rings is 1. The number of methoxy groups -OCH3 is 1. The van der Waals surface area contributed by atoms with Gasteiger partial charge in [0.15, 0.2) is 0 Å². The van der Waals surface area contributed by atoms with Crippen LogP contribution in [-0.2, 0) is 16.0 Å². The molecule has 0 saturated carbocycles. The fraction of sp³-hybridized carbons (Fsp3) is 0.476. The molecule has 4 rings (SSSR count). The van der Waals surface area contributed by atoms with Crippen molar-refractivity contribution in [1.82, 2.24) is 9.88 Å². The maximum Gasteiger partial charge on any atom is 0.310 e. The number of carbonyl (C=O) groups is 1. The zero-order chi connectivity index (χ0) is 18.4. The highest BCUT2D eigenvalue weighted by molar-refractivity contribution is 5.85. The van der Waals surface area contributed by atoms with Crippen LogP contribution < -0.4 is 0 Å². The van der Waals surface area contributed by atoms with Crippen LogP contribution in [0.5, 0.6) is 0 Å². The van der Waals surface area contributed by atoms with E-state index in [0.717, 1.165) is 35.1 Å². The van der Waals surface area contributed by atoms with E-state index < -0.39 is 6.10 Å². The number of fused-ring (bicyclic) bond motifs is 5. The zero-order valence-corrected chi connectivity index (χ0v) is 15.5. The van der Waals surface area contributed by atoms with E-state index in [0.29, 0.717) is 6.42 Å². The van der Waals surface area contributed by atoms with Gasteiger partial charge in [-0.15, -0.1) is 0 Å². The number of likely N-dealkylation sites (tertiary alicyclic amines) is 1. The Kier molecular flexibility index (Phi) is 4.37. The Morgan fingerprint density at radius 2 is 2.15 bits per heavy atom. The van der Waals surface area contributed by atoms with E-state index in [1.807, 2.05) is 25.1 Å². The first-order valence-electron chi connectivity index (χ1n) is 9.25. The number of hydrogen-bond donors (Lipinski definition) is 2. The van der Waals surface area contributed by atoms with Crippen molar-refractivity contribution in [2.45, 2.75) is 31.9 Å². The summed E-state index contributed by atoms with van der Waals surface area (Å²) in [5.74, 6) is -0.439. The van der Waals surface area contributed by atoms with Crippen LogP contribution in [0.4, 0.5) is 0 Å². The molecular weight excluding hydrogens is 328 g/mol. The van der Waals surface area contributed by atoms with Crippen LogP contribution in [0, 0.1) is 11.8 Å². The van der Waals surface area contributed by atoms with Gasteiger partial charge in [0.1, 0.15) is 0 Å². The summed E-state index contributed by atoms with van der Waals surface area (Å²) >= 11 is 0. The number of piperidine rings is 1. The summed E-state index contributed by atoms with van der Waals surface area (Å²) in [6.45, 7) is 2.83. The number of para-hydroxylation sites is 1. The number of aromatic nitrogens is 1. The number of nitrogens with zero attached hydrogens (tertiary/aromatic N) is 1. The van der Waals surface area contributed by atoms with E-state index in [2.05, 4.69) is 29.1 Å². The number of allylic oxidation sites excluding steroid dienone is 1. The number of esters is 1. The van der Waals surface area contributed by atoms with Crippen molar-refractivity contribution in [3.8, 4) is 0 Å². The third kappa shape index (κ3) is 2.58. The summed E-state index contributed by atoms with van der Waals surface area (Å²) in [7, 11) is 3.53. The predicted octanol–water partition coefficient (Wildman–Crippen LogP) is 2.81. The number of hydrogen-bond acceptors (Lipinski definition) is 4. The van der Waals surface area contributed by atoms with Gasteiger partial charge in [-0.05, 0) is 44.4 Å². The van der Waals surface area contributed by atoms with Gasteiger partial charge in [-0.3, -0.25) is 9.69 Å².